The zero-order valence-electron chi connectivity index (χ0n) is 10.2. The molecular formula is C13H19N3O. The van der Waals surface area contributed by atoms with Crippen LogP contribution in [0, 0.1) is 0 Å². The second kappa shape index (κ2) is 5.80. The number of likely N-dealkylation sites (N-methyl/N-ethyl adjacent to an activating group) is 1. The molecule has 17 heavy (non-hydrogen) atoms. The Morgan fingerprint density at radius 2 is 1.88 bits per heavy atom. The molecule has 0 atom stereocenters. The summed E-state index contributed by atoms with van der Waals surface area (Å²) < 4.78 is 0. The van der Waals surface area contributed by atoms with E-state index < -0.39 is 0 Å². The van der Waals surface area contributed by atoms with Gasteiger partial charge in [-0.2, -0.15) is 0 Å². The minimum Gasteiger partial charge on any atom is -0.305 e. The first kappa shape index (κ1) is 12.1. The maximum atomic E-state index is 11.9. The number of amides is 1. The lowest BCUT2D eigenvalue weighted by Gasteiger charge is -2.21. The summed E-state index contributed by atoms with van der Waals surface area (Å²) >= 11 is 0. The lowest BCUT2D eigenvalue weighted by Crippen LogP contribution is -2.44. The van der Waals surface area contributed by atoms with Crippen LogP contribution < -0.4 is 5.43 Å². The summed E-state index contributed by atoms with van der Waals surface area (Å²) in [6.07, 6.45) is 1.09. The molecule has 1 aliphatic heterocycles. The Labute approximate surface area is 102 Å². The quantitative estimate of drug-likeness (QED) is 0.826. The van der Waals surface area contributed by atoms with Crippen LogP contribution in [0.25, 0.3) is 0 Å². The Morgan fingerprint density at radius 3 is 2.65 bits per heavy atom. The van der Waals surface area contributed by atoms with Crippen LogP contribution in [0.1, 0.15) is 16.8 Å². The third-order valence-electron chi connectivity index (χ3n) is 3.02. The molecule has 0 aliphatic carbocycles. The Hall–Kier alpha value is -1.39. The SMILES string of the molecule is CN1CCCN(NC(=O)c2ccccc2)CC1. The summed E-state index contributed by atoms with van der Waals surface area (Å²) in [5.41, 5.74) is 3.68. The van der Waals surface area contributed by atoms with Crippen molar-refractivity contribution in [2.75, 3.05) is 33.2 Å². The Balaban J connectivity index is 1.90. The maximum absolute atomic E-state index is 11.9. The molecule has 1 aromatic rings. The second-order valence-corrected chi connectivity index (χ2v) is 4.45. The van der Waals surface area contributed by atoms with Crippen LogP contribution in [0.4, 0.5) is 0 Å². The summed E-state index contributed by atoms with van der Waals surface area (Å²) in [6, 6.07) is 9.34. The Morgan fingerprint density at radius 1 is 1.12 bits per heavy atom. The van der Waals surface area contributed by atoms with E-state index in [2.05, 4.69) is 17.4 Å². The zero-order valence-corrected chi connectivity index (χ0v) is 10.2. The van der Waals surface area contributed by atoms with Crippen molar-refractivity contribution in [3.05, 3.63) is 35.9 Å². The second-order valence-electron chi connectivity index (χ2n) is 4.45. The van der Waals surface area contributed by atoms with Crippen molar-refractivity contribution in [1.29, 1.82) is 0 Å². The van der Waals surface area contributed by atoms with E-state index in [1.807, 2.05) is 35.3 Å². The van der Waals surface area contributed by atoms with Gasteiger partial charge in [0.25, 0.3) is 5.91 Å². The van der Waals surface area contributed by atoms with Gasteiger partial charge in [-0.05, 0) is 32.1 Å². The minimum atomic E-state index is -0.0184. The highest BCUT2D eigenvalue weighted by Crippen LogP contribution is 2.01. The summed E-state index contributed by atoms with van der Waals surface area (Å²) in [4.78, 5) is 14.2. The Bertz CT molecular complexity index is 366. The molecule has 0 bridgehead atoms. The van der Waals surface area contributed by atoms with Crippen molar-refractivity contribution in [3.8, 4) is 0 Å². The van der Waals surface area contributed by atoms with E-state index in [-0.39, 0.29) is 5.91 Å². The molecule has 4 nitrogen and oxygen atoms in total. The molecule has 0 aromatic heterocycles. The highest BCUT2D eigenvalue weighted by atomic mass is 16.2. The fourth-order valence-corrected chi connectivity index (χ4v) is 1.96. The number of hydrazine groups is 1. The van der Waals surface area contributed by atoms with Gasteiger partial charge in [0, 0.05) is 25.2 Å². The van der Waals surface area contributed by atoms with Crippen LogP contribution in [0.2, 0.25) is 0 Å². The zero-order chi connectivity index (χ0) is 12.1. The van der Waals surface area contributed by atoms with Crippen molar-refractivity contribution in [1.82, 2.24) is 15.3 Å². The molecule has 0 spiro atoms. The van der Waals surface area contributed by atoms with E-state index in [9.17, 15) is 4.79 Å². The first-order chi connectivity index (χ1) is 8.25. The van der Waals surface area contributed by atoms with Gasteiger partial charge in [0.05, 0.1) is 0 Å². The molecule has 1 N–H and O–H groups in total. The van der Waals surface area contributed by atoms with Gasteiger partial charge in [-0.25, -0.2) is 5.01 Å². The molecule has 4 heteroatoms. The molecule has 1 fully saturated rings. The topological polar surface area (TPSA) is 35.6 Å². The summed E-state index contributed by atoms with van der Waals surface area (Å²) in [5, 5.41) is 2.01. The lowest BCUT2D eigenvalue weighted by atomic mass is 10.2. The third kappa shape index (κ3) is 3.54. The molecule has 1 aromatic carbocycles. The lowest BCUT2D eigenvalue weighted by molar-refractivity contribution is 0.0795. The van der Waals surface area contributed by atoms with E-state index >= 15 is 0 Å². The van der Waals surface area contributed by atoms with Crippen molar-refractivity contribution in [3.63, 3.8) is 0 Å². The number of nitrogens with one attached hydrogen (secondary N) is 1. The standard InChI is InChI=1S/C13H19N3O/c1-15-8-5-9-16(11-10-15)14-13(17)12-6-3-2-4-7-12/h2-4,6-7H,5,8-11H2,1H3,(H,14,17). The number of hydrogen-bond donors (Lipinski definition) is 1. The number of benzene rings is 1. The van der Waals surface area contributed by atoms with Crippen molar-refractivity contribution in [2.24, 2.45) is 0 Å². The molecule has 1 heterocycles. The predicted molar refractivity (Wildman–Crippen MR) is 67.6 cm³/mol. The molecule has 0 unspecified atom stereocenters. The number of carbonyl (C=O) groups excluding carboxylic acids is 1. The normalized spacial score (nSPS) is 18.6. The van der Waals surface area contributed by atoms with Crippen LogP contribution in [0.5, 0.6) is 0 Å². The van der Waals surface area contributed by atoms with Gasteiger partial charge in [0.1, 0.15) is 0 Å². The van der Waals surface area contributed by atoms with E-state index in [4.69, 9.17) is 0 Å². The fourth-order valence-electron chi connectivity index (χ4n) is 1.96. The monoisotopic (exact) mass is 233 g/mol. The molecular weight excluding hydrogens is 214 g/mol. The number of rotatable bonds is 2. The predicted octanol–water partition coefficient (Wildman–Crippen LogP) is 0.969. The van der Waals surface area contributed by atoms with Crippen LogP contribution in [-0.2, 0) is 0 Å². The van der Waals surface area contributed by atoms with Crippen molar-refractivity contribution < 1.29 is 4.79 Å². The summed E-state index contributed by atoms with van der Waals surface area (Å²) in [6.45, 7) is 3.89. The van der Waals surface area contributed by atoms with Gasteiger partial charge < -0.3 is 4.90 Å². The van der Waals surface area contributed by atoms with Crippen LogP contribution in [-0.4, -0.2) is 49.0 Å². The average Bonchev–Trinajstić information content (AvgIpc) is 2.56. The average molecular weight is 233 g/mol. The van der Waals surface area contributed by atoms with E-state index in [1.165, 1.54) is 0 Å². The van der Waals surface area contributed by atoms with E-state index in [0.29, 0.717) is 5.56 Å². The fraction of sp³-hybridized carbons (Fsp3) is 0.462. The van der Waals surface area contributed by atoms with Crippen LogP contribution in [0.3, 0.4) is 0 Å². The molecule has 0 saturated carbocycles. The highest BCUT2D eigenvalue weighted by molar-refractivity contribution is 5.93. The van der Waals surface area contributed by atoms with Gasteiger partial charge in [0.15, 0.2) is 0 Å². The van der Waals surface area contributed by atoms with Gasteiger partial charge in [0.2, 0.25) is 0 Å². The summed E-state index contributed by atoms with van der Waals surface area (Å²) in [5.74, 6) is -0.0184. The molecule has 2 rings (SSSR count). The molecule has 0 radical (unpaired) electrons. The smallest absolute Gasteiger partial charge is 0.265 e. The number of nitrogens with zero attached hydrogens (tertiary/aromatic N) is 2. The molecule has 1 amide bonds. The van der Waals surface area contributed by atoms with Crippen molar-refractivity contribution in [2.45, 2.75) is 6.42 Å². The number of carbonyl (C=O) groups is 1. The van der Waals surface area contributed by atoms with E-state index in [1.54, 1.807) is 0 Å². The Kier molecular flexibility index (Phi) is 4.12. The molecule has 1 saturated heterocycles. The van der Waals surface area contributed by atoms with Crippen molar-refractivity contribution >= 4 is 5.91 Å². The van der Waals surface area contributed by atoms with Gasteiger partial charge >= 0.3 is 0 Å². The first-order valence-corrected chi connectivity index (χ1v) is 6.05. The van der Waals surface area contributed by atoms with Crippen LogP contribution >= 0.6 is 0 Å². The maximum Gasteiger partial charge on any atom is 0.265 e. The molecule has 92 valence electrons. The first-order valence-electron chi connectivity index (χ1n) is 6.05. The highest BCUT2D eigenvalue weighted by Gasteiger charge is 2.14. The third-order valence-corrected chi connectivity index (χ3v) is 3.02. The van der Waals surface area contributed by atoms with Crippen LogP contribution in [0.15, 0.2) is 30.3 Å². The largest absolute Gasteiger partial charge is 0.305 e. The molecule has 1 aliphatic rings. The number of hydrogen-bond acceptors (Lipinski definition) is 3. The van der Waals surface area contributed by atoms with Gasteiger partial charge in [-0.1, -0.05) is 18.2 Å². The van der Waals surface area contributed by atoms with E-state index in [0.717, 1.165) is 32.6 Å². The minimum absolute atomic E-state index is 0.0184. The summed E-state index contributed by atoms with van der Waals surface area (Å²) in [7, 11) is 2.11. The van der Waals surface area contributed by atoms with Gasteiger partial charge in [-0.3, -0.25) is 10.2 Å². The van der Waals surface area contributed by atoms with Gasteiger partial charge in [-0.15, -0.1) is 0 Å².